The van der Waals surface area contributed by atoms with Gasteiger partial charge in [0, 0.05) is 44.7 Å². The molecule has 1 fully saturated rings. The molecule has 2 amide bonds. The van der Waals surface area contributed by atoms with Crippen molar-refractivity contribution in [3.63, 3.8) is 0 Å². The maximum atomic E-state index is 13.2. The summed E-state index contributed by atoms with van der Waals surface area (Å²) in [6.07, 6.45) is 4.04. The van der Waals surface area contributed by atoms with Crippen molar-refractivity contribution in [1.82, 2.24) is 14.8 Å². The maximum absolute atomic E-state index is 13.2. The Hall–Kier alpha value is -2.34. The smallest absolute Gasteiger partial charge is 0.256 e. The summed E-state index contributed by atoms with van der Waals surface area (Å²) in [7, 11) is 3.58. The number of nitrogens with zero attached hydrogens (tertiary/aromatic N) is 3. The number of amides is 2. The molecule has 1 aliphatic rings. The second kappa shape index (κ2) is 9.44. The van der Waals surface area contributed by atoms with E-state index in [1.165, 1.54) is 11.1 Å². The minimum absolute atomic E-state index is 0.0303. The molecule has 0 saturated carbocycles. The van der Waals surface area contributed by atoms with Crippen LogP contribution in [0.4, 0.5) is 0 Å². The minimum Gasteiger partial charge on any atom is -0.349 e. The topological polar surface area (TPSA) is 53.5 Å². The van der Waals surface area contributed by atoms with Gasteiger partial charge < -0.3 is 9.80 Å². The molecule has 154 valence electrons. The molecule has 3 rings (SSSR count). The number of aryl methyl sites for hydroxylation is 2. The molecule has 0 atom stereocenters. The lowest BCUT2D eigenvalue weighted by Crippen LogP contribution is -2.39. The minimum atomic E-state index is 0.0303. The number of piperidine rings is 1. The average Bonchev–Trinajstić information content (AvgIpc) is 2.70. The van der Waals surface area contributed by atoms with Gasteiger partial charge in [0.05, 0.1) is 5.56 Å². The van der Waals surface area contributed by atoms with Crippen LogP contribution >= 0.6 is 11.8 Å². The van der Waals surface area contributed by atoms with Crippen molar-refractivity contribution >= 4 is 23.6 Å². The highest BCUT2D eigenvalue weighted by Gasteiger charge is 2.27. The van der Waals surface area contributed by atoms with Crippen LogP contribution in [0.2, 0.25) is 0 Å². The van der Waals surface area contributed by atoms with Gasteiger partial charge in [-0.1, -0.05) is 29.5 Å². The Morgan fingerprint density at radius 3 is 2.55 bits per heavy atom. The Morgan fingerprint density at radius 2 is 1.90 bits per heavy atom. The number of rotatable bonds is 5. The predicted octanol–water partition coefficient (Wildman–Crippen LogP) is 4.18. The third-order valence-electron chi connectivity index (χ3n) is 5.40. The molecule has 29 heavy (non-hydrogen) atoms. The standard InChI is InChI=1S/C23H29N3O2S/c1-16-7-8-20(17(2)14-16)29-22-19(6-5-11-24-22)23(28)26-12-9-18(10-13-26)15-21(27)25(3)4/h5-8,11,14,18H,9-10,12-13,15H2,1-4H3. The molecule has 0 spiro atoms. The van der Waals surface area contributed by atoms with Gasteiger partial charge in [-0.25, -0.2) is 4.98 Å². The summed E-state index contributed by atoms with van der Waals surface area (Å²) in [5.41, 5.74) is 3.06. The first-order valence-electron chi connectivity index (χ1n) is 10.0. The zero-order chi connectivity index (χ0) is 21.0. The molecule has 0 N–H and O–H groups in total. The van der Waals surface area contributed by atoms with Crippen LogP contribution in [-0.2, 0) is 4.79 Å². The predicted molar refractivity (Wildman–Crippen MR) is 116 cm³/mol. The van der Waals surface area contributed by atoms with Crippen LogP contribution in [0.1, 0.15) is 40.7 Å². The van der Waals surface area contributed by atoms with E-state index >= 15 is 0 Å². The first-order valence-corrected chi connectivity index (χ1v) is 10.9. The van der Waals surface area contributed by atoms with Gasteiger partial charge in [0.25, 0.3) is 5.91 Å². The Bertz CT molecular complexity index is 889. The molecule has 2 heterocycles. The normalized spacial score (nSPS) is 14.7. The van der Waals surface area contributed by atoms with E-state index in [2.05, 4.69) is 37.0 Å². The van der Waals surface area contributed by atoms with Crippen molar-refractivity contribution in [2.24, 2.45) is 5.92 Å². The highest BCUT2D eigenvalue weighted by atomic mass is 32.2. The molecule has 5 nitrogen and oxygen atoms in total. The molecule has 2 aromatic rings. The number of carbonyl (C=O) groups is 2. The van der Waals surface area contributed by atoms with Gasteiger partial charge in [0.2, 0.25) is 5.91 Å². The molecule has 1 aliphatic heterocycles. The summed E-state index contributed by atoms with van der Waals surface area (Å²) in [5, 5.41) is 0.745. The van der Waals surface area contributed by atoms with Crippen molar-refractivity contribution in [2.45, 2.75) is 43.0 Å². The van der Waals surface area contributed by atoms with Gasteiger partial charge in [0.1, 0.15) is 5.03 Å². The fourth-order valence-electron chi connectivity index (χ4n) is 3.59. The average molecular weight is 412 g/mol. The van der Waals surface area contributed by atoms with Crippen molar-refractivity contribution in [1.29, 1.82) is 0 Å². The van der Waals surface area contributed by atoms with Crippen LogP contribution in [0.25, 0.3) is 0 Å². The Morgan fingerprint density at radius 1 is 1.17 bits per heavy atom. The summed E-state index contributed by atoms with van der Waals surface area (Å²) >= 11 is 1.55. The van der Waals surface area contributed by atoms with Crippen LogP contribution in [0.15, 0.2) is 46.5 Å². The Balaban J connectivity index is 1.68. The van der Waals surface area contributed by atoms with Gasteiger partial charge in [-0.2, -0.15) is 0 Å². The van der Waals surface area contributed by atoms with Gasteiger partial charge in [0.15, 0.2) is 0 Å². The molecule has 1 aromatic heterocycles. The van der Waals surface area contributed by atoms with Gasteiger partial charge in [-0.3, -0.25) is 9.59 Å². The number of benzene rings is 1. The third kappa shape index (κ3) is 5.38. The van der Waals surface area contributed by atoms with E-state index in [0.717, 1.165) is 22.8 Å². The van der Waals surface area contributed by atoms with Gasteiger partial charge in [-0.05, 0) is 56.4 Å². The monoisotopic (exact) mass is 411 g/mol. The van der Waals surface area contributed by atoms with E-state index in [-0.39, 0.29) is 11.8 Å². The number of pyridine rings is 1. The Labute approximate surface area is 177 Å². The SMILES string of the molecule is Cc1ccc(Sc2ncccc2C(=O)N2CCC(CC(=O)N(C)C)CC2)c(C)c1. The van der Waals surface area contributed by atoms with E-state index < -0.39 is 0 Å². The molecular formula is C23H29N3O2S. The molecule has 0 unspecified atom stereocenters. The van der Waals surface area contributed by atoms with Crippen LogP contribution in [0, 0.1) is 19.8 Å². The summed E-state index contributed by atoms with van der Waals surface area (Å²) < 4.78 is 0. The maximum Gasteiger partial charge on any atom is 0.256 e. The number of hydrogen-bond acceptors (Lipinski definition) is 4. The fraction of sp³-hybridized carbons (Fsp3) is 0.435. The molecular weight excluding hydrogens is 382 g/mol. The van der Waals surface area contributed by atoms with Crippen molar-refractivity contribution in [3.05, 3.63) is 53.2 Å². The van der Waals surface area contributed by atoms with Crippen LogP contribution in [0.5, 0.6) is 0 Å². The third-order valence-corrected chi connectivity index (χ3v) is 6.60. The van der Waals surface area contributed by atoms with E-state index in [1.807, 2.05) is 17.0 Å². The van der Waals surface area contributed by atoms with Crippen molar-refractivity contribution in [2.75, 3.05) is 27.2 Å². The van der Waals surface area contributed by atoms with Crippen molar-refractivity contribution in [3.8, 4) is 0 Å². The largest absolute Gasteiger partial charge is 0.349 e. The van der Waals surface area contributed by atoms with E-state index in [9.17, 15) is 9.59 Å². The molecule has 0 radical (unpaired) electrons. The second-order valence-corrected chi connectivity index (χ2v) is 8.99. The molecule has 0 aliphatic carbocycles. The molecule has 6 heteroatoms. The fourth-order valence-corrected chi connectivity index (χ4v) is 4.54. The lowest BCUT2D eigenvalue weighted by atomic mass is 9.92. The Kier molecular flexibility index (Phi) is 6.96. The number of carbonyl (C=O) groups excluding carboxylic acids is 2. The van der Waals surface area contributed by atoms with Gasteiger partial charge >= 0.3 is 0 Å². The highest BCUT2D eigenvalue weighted by Crippen LogP contribution is 2.32. The molecule has 1 saturated heterocycles. The number of hydrogen-bond donors (Lipinski definition) is 0. The quantitative estimate of drug-likeness (QED) is 0.741. The van der Waals surface area contributed by atoms with Gasteiger partial charge in [-0.15, -0.1) is 0 Å². The van der Waals surface area contributed by atoms with Crippen LogP contribution in [-0.4, -0.2) is 53.8 Å². The highest BCUT2D eigenvalue weighted by molar-refractivity contribution is 7.99. The zero-order valence-corrected chi connectivity index (χ0v) is 18.5. The van der Waals surface area contributed by atoms with E-state index in [4.69, 9.17) is 0 Å². The van der Waals surface area contributed by atoms with Crippen LogP contribution in [0.3, 0.4) is 0 Å². The molecule has 0 bridgehead atoms. The van der Waals surface area contributed by atoms with Crippen molar-refractivity contribution < 1.29 is 9.59 Å². The van der Waals surface area contributed by atoms with Crippen LogP contribution < -0.4 is 0 Å². The van der Waals surface area contributed by atoms with E-state index in [0.29, 0.717) is 31.0 Å². The van der Waals surface area contributed by atoms with E-state index in [1.54, 1.807) is 37.0 Å². The zero-order valence-electron chi connectivity index (χ0n) is 17.6. The lowest BCUT2D eigenvalue weighted by Gasteiger charge is -2.32. The number of aromatic nitrogens is 1. The lowest BCUT2D eigenvalue weighted by molar-refractivity contribution is -0.129. The first-order chi connectivity index (χ1) is 13.8. The molecule has 1 aromatic carbocycles. The summed E-state index contributed by atoms with van der Waals surface area (Å²) in [6, 6.07) is 10.0. The first kappa shape index (κ1) is 21.4. The summed E-state index contributed by atoms with van der Waals surface area (Å²) in [6.45, 7) is 5.53. The number of likely N-dealkylation sites (tertiary alicyclic amines) is 1. The second-order valence-electron chi connectivity index (χ2n) is 7.95. The summed E-state index contributed by atoms with van der Waals surface area (Å²) in [5.74, 6) is 0.545. The summed E-state index contributed by atoms with van der Waals surface area (Å²) in [4.78, 5) is 34.3.